The van der Waals surface area contributed by atoms with Gasteiger partial charge in [0.05, 0.1) is 22.9 Å². The second kappa shape index (κ2) is 4.58. The lowest BCUT2D eigenvalue weighted by Crippen LogP contribution is -2.14. The number of rotatable bonds is 4. The molecule has 1 rings (SSSR count). The number of carboxylic acid groups (broad SMARTS) is 1. The van der Waals surface area contributed by atoms with Crippen molar-refractivity contribution in [3.8, 4) is 6.07 Å². The maximum Gasteiger partial charge on any atom is 0.339 e. The molecule has 0 bridgehead atoms. The monoisotopic (exact) mass is 235 g/mol. The molecule has 0 saturated carbocycles. The van der Waals surface area contributed by atoms with Gasteiger partial charge in [-0.1, -0.05) is 0 Å². The van der Waals surface area contributed by atoms with Crippen molar-refractivity contribution < 1.29 is 9.90 Å². The molecule has 1 N–H and O–H groups in total. The molecule has 5 heteroatoms. The summed E-state index contributed by atoms with van der Waals surface area (Å²) < 4.78 is 1.66. The molecule has 17 heavy (non-hydrogen) atoms. The van der Waals surface area contributed by atoms with Gasteiger partial charge in [-0.25, -0.2) is 4.79 Å². The molecule has 0 amide bonds. The third kappa shape index (κ3) is 2.84. The summed E-state index contributed by atoms with van der Waals surface area (Å²) in [7, 11) is 0. The summed E-state index contributed by atoms with van der Waals surface area (Å²) in [6.07, 6.45) is 0.643. The standard InChI is InChI=1S/C12H17N3O2/c1-8-10(11(16)17)9(2)15(14-8)6-5-12(3,4)7-13/h5-6H2,1-4H3,(H,16,17). The Balaban J connectivity index is 2.92. The molecule has 1 heterocycles. The minimum absolute atomic E-state index is 0.264. The number of carbonyl (C=O) groups is 1. The van der Waals surface area contributed by atoms with Gasteiger partial charge in [-0.3, -0.25) is 4.68 Å². The number of aryl methyl sites for hydroxylation is 2. The number of aromatic carboxylic acids is 1. The molecule has 0 atom stereocenters. The van der Waals surface area contributed by atoms with Crippen molar-refractivity contribution in [1.29, 1.82) is 5.26 Å². The highest BCUT2D eigenvalue weighted by molar-refractivity contribution is 5.90. The largest absolute Gasteiger partial charge is 0.478 e. The van der Waals surface area contributed by atoms with E-state index in [-0.39, 0.29) is 5.56 Å². The highest BCUT2D eigenvalue weighted by Gasteiger charge is 2.20. The molecule has 0 radical (unpaired) electrons. The molecule has 92 valence electrons. The van der Waals surface area contributed by atoms with Crippen molar-refractivity contribution in [2.45, 2.75) is 40.7 Å². The maximum absolute atomic E-state index is 11.0. The van der Waals surface area contributed by atoms with Crippen LogP contribution in [0.3, 0.4) is 0 Å². The van der Waals surface area contributed by atoms with Crippen LogP contribution in [0.2, 0.25) is 0 Å². The van der Waals surface area contributed by atoms with E-state index in [1.807, 2.05) is 13.8 Å². The van der Waals surface area contributed by atoms with Crippen LogP contribution in [0.15, 0.2) is 0 Å². The zero-order chi connectivity index (χ0) is 13.2. The molecule has 0 aromatic carbocycles. The van der Waals surface area contributed by atoms with E-state index in [4.69, 9.17) is 10.4 Å². The lowest BCUT2D eigenvalue weighted by atomic mass is 9.91. The van der Waals surface area contributed by atoms with E-state index < -0.39 is 11.4 Å². The minimum Gasteiger partial charge on any atom is -0.478 e. The first-order valence-electron chi connectivity index (χ1n) is 5.47. The van der Waals surface area contributed by atoms with Crippen LogP contribution in [0.1, 0.15) is 42.0 Å². The summed E-state index contributed by atoms with van der Waals surface area (Å²) in [4.78, 5) is 11.0. The molecule has 1 aromatic rings. The Kier molecular flexibility index (Phi) is 3.56. The fourth-order valence-corrected chi connectivity index (χ4v) is 1.67. The summed E-state index contributed by atoms with van der Waals surface area (Å²) in [5.41, 5.74) is 1.00. The molecule has 1 aromatic heterocycles. The van der Waals surface area contributed by atoms with E-state index in [2.05, 4.69) is 11.2 Å². The van der Waals surface area contributed by atoms with E-state index >= 15 is 0 Å². The lowest BCUT2D eigenvalue weighted by molar-refractivity contribution is 0.0695. The van der Waals surface area contributed by atoms with Crippen LogP contribution < -0.4 is 0 Å². The number of hydrogen-bond acceptors (Lipinski definition) is 3. The Bertz CT molecular complexity index is 481. The zero-order valence-corrected chi connectivity index (χ0v) is 10.6. The number of hydrogen-bond donors (Lipinski definition) is 1. The second-order valence-electron chi connectivity index (χ2n) is 4.82. The Morgan fingerprint density at radius 3 is 2.53 bits per heavy atom. The van der Waals surface area contributed by atoms with Gasteiger partial charge < -0.3 is 5.11 Å². The number of nitriles is 1. The fraction of sp³-hybridized carbons (Fsp3) is 0.583. The van der Waals surface area contributed by atoms with Crippen LogP contribution in [-0.2, 0) is 6.54 Å². The van der Waals surface area contributed by atoms with Crippen molar-refractivity contribution in [1.82, 2.24) is 9.78 Å². The molecular formula is C12H17N3O2. The minimum atomic E-state index is -0.953. The second-order valence-corrected chi connectivity index (χ2v) is 4.82. The van der Waals surface area contributed by atoms with E-state index in [1.165, 1.54) is 0 Å². The maximum atomic E-state index is 11.0. The smallest absolute Gasteiger partial charge is 0.339 e. The first kappa shape index (κ1) is 13.2. The van der Waals surface area contributed by atoms with Crippen molar-refractivity contribution in [2.24, 2.45) is 5.41 Å². The number of nitrogens with zero attached hydrogens (tertiary/aromatic N) is 3. The third-order valence-electron chi connectivity index (χ3n) is 2.85. The predicted molar refractivity (Wildman–Crippen MR) is 62.7 cm³/mol. The molecule has 0 spiro atoms. The molecule has 5 nitrogen and oxygen atoms in total. The highest BCUT2D eigenvalue weighted by atomic mass is 16.4. The van der Waals surface area contributed by atoms with Crippen molar-refractivity contribution in [3.05, 3.63) is 17.0 Å². The summed E-state index contributed by atoms with van der Waals surface area (Å²) in [6.45, 7) is 7.69. The summed E-state index contributed by atoms with van der Waals surface area (Å²) in [5.74, 6) is -0.953. The molecule has 0 aliphatic rings. The van der Waals surface area contributed by atoms with Gasteiger partial charge in [-0.2, -0.15) is 10.4 Å². The van der Waals surface area contributed by atoms with Gasteiger partial charge >= 0.3 is 5.97 Å². The van der Waals surface area contributed by atoms with Gasteiger partial charge in [0.25, 0.3) is 0 Å². The summed E-state index contributed by atoms with van der Waals surface area (Å²) in [6, 6.07) is 2.22. The topological polar surface area (TPSA) is 78.9 Å². The zero-order valence-electron chi connectivity index (χ0n) is 10.6. The Hall–Kier alpha value is -1.83. The average Bonchev–Trinajstić information content (AvgIpc) is 2.51. The molecule has 0 aliphatic heterocycles. The SMILES string of the molecule is Cc1nn(CCC(C)(C)C#N)c(C)c1C(=O)O. The van der Waals surface area contributed by atoms with Gasteiger partial charge in [0.2, 0.25) is 0 Å². The molecule has 0 saturated heterocycles. The Labute approximate surface area is 101 Å². The van der Waals surface area contributed by atoms with Gasteiger partial charge in [-0.15, -0.1) is 0 Å². The summed E-state index contributed by atoms with van der Waals surface area (Å²) in [5, 5.41) is 22.1. The molecule has 0 fully saturated rings. The Morgan fingerprint density at radius 1 is 1.53 bits per heavy atom. The van der Waals surface area contributed by atoms with E-state index in [0.29, 0.717) is 24.4 Å². The van der Waals surface area contributed by atoms with E-state index in [0.717, 1.165) is 0 Å². The first-order chi connectivity index (χ1) is 7.78. The van der Waals surface area contributed by atoms with Crippen LogP contribution in [0.25, 0.3) is 0 Å². The van der Waals surface area contributed by atoms with Crippen molar-refractivity contribution in [2.75, 3.05) is 0 Å². The van der Waals surface area contributed by atoms with Crippen LogP contribution in [0, 0.1) is 30.6 Å². The lowest BCUT2D eigenvalue weighted by Gasteiger charge is -2.15. The van der Waals surface area contributed by atoms with Crippen LogP contribution >= 0.6 is 0 Å². The Morgan fingerprint density at radius 2 is 2.12 bits per heavy atom. The van der Waals surface area contributed by atoms with E-state index in [9.17, 15) is 4.79 Å². The highest BCUT2D eigenvalue weighted by Crippen LogP contribution is 2.21. The van der Waals surface area contributed by atoms with E-state index in [1.54, 1.807) is 18.5 Å². The fourth-order valence-electron chi connectivity index (χ4n) is 1.67. The molecule has 0 aliphatic carbocycles. The first-order valence-corrected chi connectivity index (χ1v) is 5.47. The number of carboxylic acids is 1. The van der Waals surface area contributed by atoms with Crippen LogP contribution in [-0.4, -0.2) is 20.9 Å². The average molecular weight is 235 g/mol. The van der Waals surface area contributed by atoms with Crippen molar-refractivity contribution >= 4 is 5.97 Å². The van der Waals surface area contributed by atoms with Crippen LogP contribution in [0.4, 0.5) is 0 Å². The van der Waals surface area contributed by atoms with Crippen LogP contribution in [0.5, 0.6) is 0 Å². The third-order valence-corrected chi connectivity index (χ3v) is 2.85. The van der Waals surface area contributed by atoms with Gasteiger partial charge in [0.15, 0.2) is 0 Å². The van der Waals surface area contributed by atoms with Gasteiger partial charge in [-0.05, 0) is 34.1 Å². The van der Waals surface area contributed by atoms with Gasteiger partial charge in [0.1, 0.15) is 5.56 Å². The van der Waals surface area contributed by atoms with Crippen molar-refractivity contribution in [3.63, 3.8) is 0 Å². The number of aromatic nitrogens is 2. The predicted octanol–water partition coefficient (Wildman–Crippen LogP) is 2.14. The quantitative estimate of drug-likeness (QED) is 0.867. The van der Waals surface area contributed by atoms with Gasteiger partial charge in [0, 0.05) is 6.54 Å². The normalized spacial score (nSPS) is 11.2. The summed E-state index contributed by atoms with van der Waals surface area (Å²) >= 11 is 0. The molecule has 0 unspecified atom stereocenters. The molecular weight excluding hydrogens is 218 g/mol.